The van der Waals surface area contributed by atoms with Crippen molar-refractivity contribution in [2.45, 2.75) is 51.5 Å². The maximum atomic E-state index is 12.5. The molecule has 0 bridgehead atoms. The number of amides is 2. The number of hydrogen-bond acceptors (Lipinski definition) is 3. The van der Waals surface area contributed by atoms with Crippen LogP contribution in [0.5, 0.6) is 0 Å². The Kier molecular flexibility index (Phi) is 6.19. The minimum atomic E-state index is -0.0211. The van der Waals surface area contributed by atoms with Crippen LogP contribution in [-0.2, 0) is 19.4 Å². The van der Waals surface area contributed by atoms with Gasteiger partial charge in [0.2, 0.25) is 0 Å². The van der Waals surface area contributed by atoms with E-state index < -0.39 is 0 Å². The molecule has 1 aliphatic carbocycles. The van der Waals surface area contributed by atoms with Crippen LogP contribution in [0, 0.1) is 6.92 Å². The number of hydrogen-bond donors (Lipinski definition) is 2. The standard InChI is InChI=1S/C23H33N5O/c1-17-7-3-4-8-19(17)18-11-13-28(15-18)14-12-24-23(29)27(2)16-22-20-9-5-6-10-21(20)25-26-22/h3-4,7-8,18H,5-6,9-16H2,1-2H3,(H,24,29)(H,25,26). The lowest BCUT2D eigenvalue weighted by Gasteiger charge is -2.21. The number of aromatic nitrogens is 2. The van der Waals surface area contributed by atoms with E-state index in [0.717, 1.165) is 38.2 Å². The molecule has 2 aromatic rings. The number of nitrogens with zero attached hydrogens (tertiary/aromatic N) is 3. The number of aryl methyl sites for hydroxylation is 2. The monoisotopic (exact) mass is 395 g/mol. The van der Waals surface area contributed by atoms with Crippen molar-refractivity contribution in [3.63, 3.8) is 0 Å². The second-order valence-corrected chi connectivity index (χ2v) is 8.57. The molecule has 6 heteroatoms. The van der Waals surface area contributed by atoms with Gasteiger partial charge in [-0.2, -0.15) is 5.10 Å². The zero-order chi connectivity index (χ0) is 20.2. The van der Waals surface area contributed by atoms with Gasteiger partial charge in [0.25, 0.3) is 0 Å². The van der Waals surface area contributed by atoms with Crippen LogP contribution in [0.4, 0.5) is 4.79 Å². The van der Waals surface area contributed by atoms with Crippen molar-refractivity contribution in [3.8, 4) is 0 Å². The summed E-state index contributed by atoms with van der Waals surface area (Å²) in [5.74, 6) is 0.611. The van der Waals surface area contributed by atoms with Gasteiger partial charge in [-0.3, -0.25) is 5.10 Å². The minimum absolute atomic E-state index is 0.0211. The number of rotatable bonds is 6. The average Bonchev–Trinajstić information content (AvgIpc) is 3.36. The number of carbonyl (C=O) groups is 1. The number of urea groups is 1. The summed E-state index contributed by atoms with van der Waals surface area (Å²) in [6, 6.07) is 8.68. The van der Waals surface area contributed by atoms with Gasteiger partial charge in [-0.05, 0) is 68.2 Å². The van der Waals surface area contributed by atoms with Crippen LogP contribution in [0.25, 0.3) is 0 Å². The van der Waals surface area contributed by atoms with Crippen LogP contribution in [0.2, 0.25) is 0 Å². The van der Waals surface area contributed by atoms with Crippen LogP contribution in [0.3, 0.4) is 0 Å². The summed E-state index contributed by atoms with van der Waals surface area (Å²) >= 11 is 0. The zero-order valence-corrected chi connectivity index (χ0v) is 17.7. The van der Waals surface area contributed by atoms with Gasteiger partial charge < -0.3 is 15.1 Å². The Balaban J connectivity index is 1.21. The highest BCUT2D eigenvalue weighted by atomic mass is 16.2. The second-order valence-electron chi connectivity index (χ2n) is 8.57. The van der Waals surface area contributed by atoms with E-state index in [-0.39, 0.29) is 6.03 Å². The van der Waals surface area contributed by atoms with E-state index in [9.17, 15) is 4.79 Å². The fraction of sp³-hybridized carbons (Fsp3) is 0.565. The Labute approximate surface area is 173 Å². The molecule has 1 atom stereocenters. The smallest absolute Gasteiger partial charge is 0.317 e. The van der Waals surface area contributed by atoms with Crippen LogP contribution < -0.4 is 5.32 Å². The highest BCUT2D eigenvalue weighted by Crippen LogP contribution is 2.29. The molecular formula is C23H33N5O. The molecule has 2 N–H and O–H groups in total. The molecule has 0 spiro atoms. The van der Waals surface area contributed by atoms with Gasteiger partial charge in [-0.25, -0.2) is 4.79 Å². The van der Waals surface area contributed by atoms with Crippen molar-refractivity contribution in [2.75, 3.05) is 33.2 Å². The van der Waals surface area contributed by atoms with Crippen LogP contribution in [0.1, 0.15) is 53.3 Å². The molecule has 1 unspecified atom stereocenters. The molecule has 29 heavy (non-hydrogen) atoms. The van der Waals surface area contributed by atoms with Crippen molar-refractivity contribution < 1.29 is 4.79 Å². The first-order valence-corrected chi connectivity index (χ1v) is 10.9. The Morgan fingerprint density at radius 1 is 1.31 bits per heavy atom. The normalized spacial score (nSPS) is 19.2. The third kappa shape index (κ3) is 4.64. The number of fused-ring (bicyclic) bond motifs is 1. The molecule has 2 amide bonds. The first-order chi connectivity index (χ1) is 14.1. The summed E-state index contributed by atoms with van der Waals surface area (Å²) in [5.41, 5.74) is 6.47. The van der Waals surface area contributed by atoms with Gasteiger partial charge in [0, 0.05) is 32.4 Å². The van der Waals surface area contributed by atoms with E-state index in [4.69, 9.17) is 0 Å². The molecule has 156 valence electrons. The summed E-state index contributed by atoms with van der Waals surface area (Å²) in [4.78, 5) is 16.7. The molecule has 0 saturated carbocycles. The molecule has 2 aliphatic rings. The van der Waals surface area contributed by atoms with E-state index in [0.29, 0.717) is 19.0 Å². The lowest BCUT2D eigenvalue weighted by molar-refractivity contribution is 0.204. The lowest BCUT2D eigenvalue weighted by atomic mass is 9.94. The first-order valence-electron chi connectivity index (χ1n) is 10.9. The number of likely N-dealkylation sites (tertiary alicyclic amines) is 1. The molecule has 4 rings (SSSR count). The number of carbonyl (C=O) groups excluding carboxylic acids is 1. The largest absolute Gasteiger partial charge is 0.337 e. The van der Waals surface area contributed by atoms with Crippen LogP contribution >= 0.6 is 0 Å². The van der Waals surface area contributed by atoms with Crippen molar-refractivity contribution in [3.05, 3.63) is 52.3 Å². The Morgan fingerprint density at radius 3 is 3.00 bits per heavy atom. The molecule has 1 fully saturated rings. The second kappa shape index (κ2) is 8.99. The van der Waals surface area contributed by atoms with Crippen molar-refractivity contribution in [1.82, 2.24) is 25.3 Å². The summed E-state index contributed by atoms with van der Waals surface area (Å²) in [7, 11) is 1.85. The van der Waals surface area contributed by atoms with E-state index in [1.165, 1.54) is 41.6 Å². The predicted octanol–water partition coefficient (Wildman–Crippen LogP) is 3.23. The van der Waals surface area contributed by atoms with Crippen LogP contribution in [0.15, 0.2) is 24.3 Å². The molecule has 1 aliphatic heterocycles. The maximum Gasteiger partial charge on any atom is 0.317 e. The maximum absolute atomic E-state index is 12.5. The van der Waals surface area contributed by atoms with Gasteiger partial charge in [0.05, 0.1) is 12.2 Å². The minimum Gasteiger partial charge on any atom is -0.337 e. The Morgan fingerprint density at radius 2 is 2.14 bits per heavy atom. The quantitative estimate of drug-likeness (QED) is 0.789. The van der Waals surface area contributed by atoms with Crippen molar-refractivity contribution in [2.24, 2.45) is 0 Å². The lowest BCUT2D eigenvalue weighted by Crippen LogP contribution is -2.40. The first kappa shape index (κ1) is 20.0. The highest BCUT2D eigenvalue weighted by Gasteiger charge is 2.25. The predicted molar refractivity (Wildman–Crippen MR) is 115 cm³/mol. The molecule has 6 nitrogen and oxygen atoms in total. The molecular weight excluding hydrogens is 362 g/mol. The summed E-state index contributed by atoms with van der Waals surface area (Å²) in [6.07, 6.45) is 5.80. The molecule has 0 radical (unpaired) electrons. The zero-order valence-electron chi connectivity index (χ0n) is 17.7. The van der Waals surface area contributed by atoms with Crippen molar-refractivity contribution in [1.29, 1.82) is 0 Å². The molecule has 1 aromatic heterocycles. The summed E-state index contributed by atoms with van der Waals surface area (Å²) in [5, 5.41) is 10.7. The number of nitrogens with one attached hydrogen (secondary N) is 2. The number of benzene rings is 1. The van der Waals surface area contributed by atoms with Gasteiger partial charge in [0.1, 0.15) is 0 Å². The third-order valence-electron chi connectivity index (χ3n) is 6.48. The molecule has 2 heterocycles. The summed E-state index contributed by atoms with van der Waals surface area (Å²) < 4.78 is 0. The van der Waals surface area contributed by atoms with Crippen molar-refractivity contribution >= 4 is 6.03 Å². The van der Waals surface area contributed by atoms with Gasteiger partial charge in [-0.15, -0.1) is 0 Å². The third-order valence-corrected chi connectivity index (χ3v) is 6.48. The van der Waals surface area contributed by atoms with Crippen LogP contribution in [-0.4, -0.2) is 59.3 Å². The topological polar surface area (TPSA) is 64.3 Å². The van der Waals surface area contributed by atoms with Gasteiger partial charge in [-0.1, -0.05) is 24.3 Å². The summed E-state index contributed by atoms with van der Waals surface area (Å²) in [6.45, 7) is 6.53. The van der Waals surface area contributed by atoms with E-state index in [2.05, 4.69) is 51.6 Å². The average molecular weight is 396 g/mol. The number of H-pyrrole nitrogens is 1. The highest BCUT2D eigenvalue weighted by molar-refractivity contribution is 5.73. The van der Waals surface area contributed by atoms with E-state index in [1.807, 2.05) is 7.05 Å². The fourth-order valence-corrected chi connectivity index (χ4v) is 4.77. The SMILES string of the molecule is Cc1ccccc1C1CCN(CCNC(=O)N(C)Cc2n[nH]c3c2CCCC3)C1. The molecule has 1 saturated heterocycles. The van der Waals surface area contributed by atoms with Gasteiger partial charge >= 0.3 is 6.03 Å². The number of aromatic amines is 1. The van der Waals surface area contributed by atoms with E-state index >= 15 is 0 Å². The fourth-order valence-electron chi connectivity index (χ4n) is 4.77. The van der Waals surface area contributed by atoms with E-state index in [1.54, 1.807) is 4.90 Å². The Bertz CT molecular complexity index is 846. The van der Waals surface area contributed by atoms with Gasteiger partial charge in [0.15, 0.2) is 0 Å². The molecule has 1 aromatic carbocycles. The Hall–Kier alpha value is -2.34.